The third kappa shape index (κ3) is 7.13. The number of aliphatic hydroxyl groups excluding tert-OH is 2. The Hall–Kier alpha value is -1.79. The molecular formula is C30H46O5. The lowest BCUT2D eigenvalue weighted by Gasteiger charge is -2.53. The van der Waals surface area contributed by atoms with Crippen molar-refractivity contribution in [2.45, 2.75) is 104 Å². The first-order chi connectivity index (χ1) is 16.5. The fourth-order valence-corrected chi connectivity index (χ4v) is 5.80. The Morgan fingerprint density at radius 3 is 2.54 bits per heavy atom. The van der Waals surface area contributed by atoms with Crippen molar-refractivity contribution in [3.05, 3.63) is 58.2 Å². The quantitative estimate of drug-likeness (QED) is 0.159. The summed E-state index contributed by atoms with van der Waals surface area (Å²) in [4.78, 5) is 11.6. The van der Waals surface area contributed by atoms with E-state index in [-0.39, 0.29) is 18.6 Å². The summed E-state index contributed by atoms with van der Waals surface area (Å²) < 4.78 is 6.03. The van der Waals surface area contributed by atoms with E-state index in [1.807, 2.05) is 25.2 Å². The average molecular weight is 487 g/mol. The van der Waals surface area contributed by atoms with Crippen LogP contribution in [0.4, 0.5) is 0 Å². The summed E-state index contributed by atoms with van der Waals surface area (Å²) in [5.41, 5.74) is 3.20. The van der Waals surface area contributed by atoms with Gasteiger partial charge in [-0.1, -0.05) is 52.7 Å². The lowest BCUT2D eigenvalue weighted by molar-refractivity contribution is -0.219. The van der Waals surface area contributed by atoms with Crippen LogP contribution in [-0.2, 0) is 9.53 Å². The van der Waals surface area contributed by atoms with Crippen molar-refractivity contribution in [3.8, 4) is 0 Å². The van der Waals surface area contributed by atoms with Crippen LogP contribution in [0, 0.1) is 11.3 Å². The molecule has 5 nitrogen and oxygen atoms in total. The Morgan fingerprint density at radius 2 is 1.91 bits per heavy atom. The van der Waals surface area contributed by atoms with E-state index in [1.165, 1.54) is 11.1 Å². The molecule has 0 bridgehead atoms. The molecule has 1 aliphatic carbocycles. The smallest absolute Gasteiger partial charge is 0.164 e. The maximum Gasteiger partial charge on any atom is 0.164 e. The summed E-state index contributed by atoms with van der Waals surface area (Å²) in [6.45, 7) is 12.0. The van der Waals surface area contributed by atoms with Crippen LogP contribution in [0.1, 0.15) is 86.5 Å². The highest BCUT2D eigenvalue weighted by Crippen LogP contribution is 2.60. The Bertz CT molecular complexity index is 884. The molecule has 3 N–H and O–H groups in total. The van der Waals surface area contributed by atoms with Gasteiger partial charge in [0.15, 0.2) is 6.29 Å². The van der Waals surface area contributed by atoms with Crippen LogP contribution in [0.15, 0.2) is 58.2 Å². The van der Waals surface area contributed by atoms with Crippen LogP contribution in [0.3, 0.4) is 0 Å². The molecule has 0 aromatic rings. The van der Waals surface area contributed by atoms with Gasteiger partial charge in [0.25, 0.3) is 0 Å². The minimum absolute atomic E-state index is 0.0214. The molecule has 1 saturated heterocycles. The predicted molar refractivity (Wildman–Crippen MR) is 142 cm³/mol. The Morgan fingerprint density at radius 1 is 1.20 bits per heavy atom. The molecule has 1 spiro atoms. The van der Waals surface area contributed by atoms with Gasteiger partial charge in [-0.05, 0) is 98.0 Å². The van der Waals surface area contributed by atoms with Crippen LogP contribution in [0.2, 0.25) is 0 Å². The van der Waals surface area contributed by atoms with E-state index in [1.54, 1.807) is 13.8 Å². The molecule has 196 valence electrons. The number of aliphatic hydroxyl groups is 3. The number of aldehydes is 1. The molecule has 0 unspecified atom stereocenters. The maximum atomic E-state index is 11.6. The second-order valence-corrected chi connectivity index (χ2v) is 10.9. The number of carbonyl (C=O) groups is 1. The summed E-state index contributed by atoms with van der Waals surface area (Å²) in [5, 5.41) is 32.3. The Balaban J connectivity index is 2.26. The molecule has 1 heterocycles. The molecule has 1 saturated carbocycles. The third-order valence-electron chi connectivity index (χ3n) is 7.82. The standard InChI is InChI=1S/C30H46O5/c1-21(2)10-7-11-22(3)12-8-13-23(4)18-25-19-30(28(33)35-25)27(14-9-17-31)26(24(5)20-32)15-16-29(30,6)34/h8,10,12-13,18,20,25,27-28,31,33-34H,7,9,11,14-17,19H2,1-6H3/b13-8+,22-12+,23-18+,26-24-/t25-,27+,28+,29-,30+/m0/s1. The monoisotopic (exact) mass is 486 g/mol. The number of hydrogen-bond acceptors (Lipinski definition) is 5. The first-order valence-corrected chi connectivity index (χ1v) is 13.0. The van der Waals surface area contributed by atoms with E-state index in [9.17, 15) is 20.1 Å². The predicted octanol–water partition coefficient (Wildman–Crippen LogP) is 5.72. The fraction of sp³-hybridized carbons (Fsp3) is 0.633. The molecule has 2 rings (SSSR count). The molecule has 0 radical (unpaired) electrons. The number of rotatable bonds is 10. The topological polar surface area (TPSA) is 87.0 Å². The summed E-state index contributed by atoms with van der Waals surface area (Å²) in [6, 6.07) is 0. The highest BCUT2D eigenvalue weighted by molar-refractivity contribution is 5.74. The zero-order chi connectivity index (χ0) is 26.2. The minimum Gasteiger partial charge on any atom is -0.396 e. The van der Waals surface area contributed by atoms with Crippen LogP contribution < -0.4 is 0 Å². The highest BCUT2D eigenvalue weighted by Gasteiger charge is 2.64. The van der Waals surface area contributed by atoms with Crippen molar-refractivity contribution in [3.63, 3.8) is 0 Å². The molecule has 0 aromatic carbocycles. The van der Waals surface area contributed by atoms with Gasteiger partial charge in [-0.3, -0.25) is 4.79 Å². The zero-order valence-electron chi connectivity index (χ0n) is 22.5. The van der Waals surface area contributed by atoms with Crippen molar-refractivity contribution in [2.24, 2.45) is 11.3 Å². The van der Waals surface area contributed by atoms with E-state index in [4.69, 9.17) is 4.74 Å². The fourth-order valence-electron chi connectivity index (χ4n) is 5.80. The average Bonchev–Trinajstić information content (AvgIpc) is 3.10. The van der Waals surface area contributed by atoms with E-state index in [0.29, 0.717) is 37.7 Å². The van der Waals surface area contributed by atoms with E-state index in [0.717, 1.165) is 30.3 Å². The molecule has 1 aliphatic heterocycles. The highest BCUT2D eigenvalue weighted by atomic mass is 16.6. The normalized spacial score (nSPS) is 33.5. The number of ether oxygens (including phenoxy) is 1. The lowest BCUT2D eigenvalue weighted by Crippen LogP contribution is -2.58. The molecular weight excluding hydrogens is 440 g/mol. The molecule has 5 heteroatoms. The van der Waals surface area contributed by atoms with E-state index < -0.39 is 17.3 Å². The lowest BCUT2D eigenvalue weighted by atomic mass is 9.53. The summed E-state index contributed by atoms with van der Waals surface area (Å²) in [5.74, 6) is -0.237. The Labute approximate surface area is 212 Å². The van der Waals surface area contributed by atoms with Crippen LogP contribution in [-0.4, -0.2) is 46.2 Å². The van der Waals surface area contributed by atoms with Gasteiger partial charge >= 0.3 is 0 Å². The SMILES string of the molecule is CC(C)=CCC/C(C)=C/C=C/C(C)=C/[C@H]1C[C@]2([C@H](O)O1)[C@H](CCCO)/C(=C(/C)C=O)CC[C@]2(C)O. The molecule has 2 fully saturated rings. The summed E-state index contributed by atoms with van der Waals surface area (Å²) in [6.07, 6.45) is 14.5. The van der Waals surface area contributed by atoms with Crippen LogP contribution >= 0.6 is 0 Å². The van der Waals surface area contributed by atoms with Gasteiger partial charge in [0.05, 0.1) is 17.1 Å². The summed E-state index contributed by atoms with van der Waals surface area (Å²) in [7, 11) is 0. The van der Waals surface area contributed by atoms with Crippen LogP contribution in [0.5, 0.6) is 0 Å². The van der Waals surface area contributed by atoms with Crippen molar-refractivity contribution in [1.82, 2.24) is 0 Å². The summed E-state index contributed by atoms with van der Waals surface area (Å²) >= 11 is 0. The number of hydrogen-bond donors (Lipinski definition) is 3. The largest absolute Gasteiger partial charge is 0.396 e. The van der Waals surface area contributed by atoms with E-state index >= 15 is 0 Å². The van der Waals surface area contributed by atoms with E-state index in [2.05, 4.69) is 32.9 Å². The van der Waals surface area contributed by atoms with Gasteiger partial charge in [0, 0.05) is 6.61 Å². The van der Waals surface area contributed by atoms with Gasteiger partial charge in [-0.25, -0.2) is 0 Å². The van der Waals surface area contributed by atoms with Crippen molar-refractivity contribution in [2.75, 3.05) is 6.61 Å². The van der Waals surface area contributed by atoms with Gasteiger partial charge in [0.1, 0.15) is 6.29 Å². The van der Waals surface area contributed by atoms with Gasteiger partial charge in [-0.15, -0.1) is 0 Å². The maximum absolute atomic E-state index is 11.6. The Kier molecular flexibility index (Phi) is 10.9. The van der Waals surface area contributed by atoms with Crippen molar-refractivity contribution < 1.29 is 24.9 Å². The second-order valence-electron chi connectivity index (χ2n) is 10.9. The van der Waals surface area contributed by atoms with Gasteiger partial charge in [-0.2, -0.15) is 0 Å². The molecule has 0 aromatic heterocycles. The number of carbonyl (C=O) groups excluding carboxylic acids is 1. The molecule has 0 amide bonds. The van der Waals surface area contributed by atoms with Crippen LogP contribution in [0.25, 0.3) is 0 Å². The van der Waals surface area contributed by atoms with Gasteiger partial charge < -0.3 is 20.1 Å². The zero-order valence-corrected chi connectivity index (χ0v) is 22.5. The third-order valence-corrected chi connectivity index (χ3v) is 7.82. The van der Waals surface area contributed by atoms with Gasteiger partial charge in [0.2, 0.25) is 0 Å². The molecule has 2 aliphatic rings. The van der Waals surface area contributed by atoms with Crippen molar-refractivity contribution >= 4 is 6.29 Å². The molecule has 5 atom stereocenters. The first-order valence-electron chi connectivity index (χ1n) is 13.0. The molecule has 35 heavy (non-hydrogen) atoms. The second kappa shape index (κ2) is 13.0. The van der Waals surface area contributed by atoms with Crippen molar-refractivity contribution in [1.29, 1.82) is 0 Å². The minimum atomic E-state index is -1.16. The first kappa shape index (κ1) is 29.4. The number of allylic oxidation sites excluding steroid dienone is 9.